The van der Waals surface area contributed by atoms with Gasteiger partial charge in [-0.05, 0) is 31.2 Å². The van der Waals surface area contributed by atoms with Gasteiger partial charge in [-0.15, -0.1) is 10.2 Å². The number of hydrogen-bond acceptors (Lipinski definition) is 4. The molecule has 0 amide bonds. The first-order valence-corrected chi connectivity index (χ1v) is 7.59. The predicted molar refractivity (Wildman–Crippen MR) is 78.1 cm³/mol. The summed E-state index contributed by atoms with van der Waals surface area (Å²) in [5.74, 6) is 0. The molecule has 0 saturated heterocycles. The van der Waals surface area contributed by atoms with Crippen molar-refractivity contribution in [2.45, 2.75) is 12.8 Å². The maximum absolute atomic E-state index is 5.48. The first-order valence-electron chi connectivity index (χ1n) is 5.18. The Balaban J connectivity index is 2.27. The zero-order valence-corrected chi connectivity index (χ0v) is 13.0. The number of nitrogens with zero attached hydrogens (tertiary/aromatic N) is 2. The highest BCUT2D eigenvalue weighted by Crippen LogP contribution is 2.32. The molecule has 0 aliphatic carbocycles. The largest absolute Gasteiger partial charge is 0.330 e. The standard InChI is InChI=1S/C11H11Br2N3S/c12-7-3-4-9(13)8(6-7)11-16-15-10(17-11)2-1-5-14/h3-4,6H,1-2,5,14H2. The quantitative estimate of drug-likeness (QED) is 0.886. The van der Waals surface area contributed by atoms with Crippen molar-refractivity contribution in [3.63, 3.8) is 0 Å². The van der Waals surface area contributed by atoms with Crippen molar-refractivity contribution in [1.29, 1.82) is 0 Å². The van der Waals surface area contributed by atoms with Gasteiger partial charge in [0.1, 0.15) is 10.0 Å². The monoisotopic (exact) mass is 375 g/mol. The minimum absolute atomic E-state index is 0.690. The minimum atomic E-state index is 0.690. The van der Waals surface area contributed by atoms with E-state index in [1.165, 1.54) is 0 Å². The lowest BCUT2D eigenvalue weighted by atomic mass is 10.2. The summed E-state index contributed by atoms with van der Waals surface area (Å²) in [7, 11) is 0. The van der Waals surface area contributed by atoms with E-state index in [1.54, 1.807) is 11.3 Å². The van der Waals surface area contributed by atoms with E-state index in [0.717, 1.165) is 37.4 Å². The molecule has 0 bridgehead atoms. The third-order valence-corrected chi connectivity index (χ3v) is 4.42. The minimum Gasteiger partial charge on any atom is -0.330 e. The molecule has 1 heterocycles. The molecule has 2 N–H and O–H groups in total. The first kappa shape index (κ1) is 13.1. The van der Waals surface area contributed by atoms with Gasteiger partial charge in [0.15, 0.2) is 0 Å². The fraction of sp³-hybridized carbons (Fsp3) is 0.273. The van der Waals surface area contributed by atoms with Crippen molar-refractivity contribution in [2.75, 3.05) is 6.54 Å². The second-order valence-corrected chi connectivity index (χ2v) is 6.35. The summed E-state index contributed by atoms with van der Waals surface area (Å²) < 4.78 is 2.07. The Morgan fingerprint density at radius 1 is 1.24 bits per heavy atom. The van der Waals surface area contributed by atoms with Crippen molar-refractivity contribution < 1.29 is 0 Å². The van der Waals surface area contributed by atoms with Gasteiger partial charge in [0.05, 0.1) is 0 Å². The summed E-state index contributed by atoms with van der Waals surface area (Å²) in [5, 5.41) is 10.4. The Kier molecular flexibility index (Phi) is 4.67. The van der Waals surface area contributed by atoms with Gasteiger partial charge in [0, 0.05) is 20.9 Å². The molecule has 0 radical (unpaired) electrons. The summed E-state index contributed by atoms with van der Waals surface area (Å²) in [5.41, 5.74) is 6.55. The van der Waals surface area contributed by atoms with E-state index in [9.17, 15) is 0 Å². The van der Waals surface area contributed by atoms with Crippen LogP contribution in [0, 0.1) is 0 Å². The molecular formula is C11H11Br2N3S. The third kappa shape index (κ3) is 3.34. The number of nitrogens with two attached hydrogens (primary N) is 1. The van der Waals surface area contributed by atoms with Gasteiger partial charge in [-0.3, -0.25) is 0 Å². The Hall–Kier alpha value is -0.300. The highest BCUT2D eigenvalue weighted by molar-refractivity contribution is 9.11. The molecule has 0 atom stereocenters. The van der Waals surface area contributed by atoms with Crippen LogP contribution < -0.4 is 5.73 Å². The van der Waals surface area contributed by atoms with Gasteiger partial charge in [-0.2, -0.15) is 0 Å². The topological polar surface area (TPSA) is 51.8 Å². The second-order valence-electron chi connectivity index (χ2n) is 3.52. The molecule has 6 heteroatoms. The number of aromatic nitrogens is 2. The summed E-state index contributed by atoms with van der Waals surface area (Å²) in [6, 6.07) is 6.03. The molecule has 1 aromatic carbocycles. The molecule has 3 nitrogen and oxygen atoms in total. The molecule has 0 saturated carbocycles. The van der Waals surface area contributed by atoms with Gasteiger partial charge in [-0.1, -0.05) is 43.2 Å². The maximum Gasteiger partial charge on any atom is 0.148 e. The number of benzene rings is 1. The zero-order chi connectivity index (χ0) is 12.3. The van der Waals surface area contributed by atoms with Gasteiger partial charge < -0.3 is 5.73 Å². The van der Waals surface area contributed by atoms with Crippen molar-refractivity contribution in [3.8, 4) is 10.6 Å². The van der Waals surface area contributed by atoms with Crippen molar-refractivity contribution in [1.82, 2.24) is 10.2 Å². The Morgan fingerprint density at radius 3 is 2.82 bits per heavy atom. The average molecular weight is 377 g/mol. The van der Waals surface area contributed by atoms with E-state index >= 15 is 0 Å². The molecule has 0 spiro atoms. The highest BCUT2D eigenvalue weighted by Gasteiger charge is 2.10. The number of hydrogen-bond donors (Lipinski definition) is 1. The summed E-state index contributed by atoms with van der Waals surface area (Å²) in [4.78, 5) is 0. The van der Waals surface area contributed by atoms with Crippen LogP contribution in [0.1, 0.15) is 11.4 Å². The van der Waals surface area contributed by atoms with Gasteiger partial charge in [0.25, 0.3) is 0 Å². The fourth-order valence-corrected chi connectivity index (χ4v) is 3.22. The number of halogens is 2. The molecule has 0 aliphatic heterocycles. The summed E-state index contributed by atoms with van der Waals surface area (Å²) in [6.45, 7) is 0.690. The van der Waals surface area contributed by atoms with Crippen molar-refractivity contribution in [2.24, 2.45) is 5.73 Å². The van der Waals surface area contributed by atoms with E-state index in [0.29, 0.717) is 6.54 Å². The maximum atomic E-state index is 5.48. The molecular weight excluding hydrogens is 366 g/mol. The van der Waals surface area contributed by atoms with Crippen molar-refractivity contribution in [3.05, 3.63) is 32.2 Å². The molecule has 2 rings (SSSR count). The normalized spacial score (nSPS) is 10.8. The molecule has 1 aromatic heterocycles. The SMILES string of the molecule is NCCCc1nnc(-c2cc(Br)ccc2Br)s1. The molecule has 0 fully saturated rings. The van der Waals surface area contributed by atoms with Crippen LogP contribution in [0.4, 0.5) is 0 Å². The molecule has 17 heavy (non-hydrogen) atoms. The average Bonchev–Trinajstić information content (AvgIpc) is 2.78. The smallest absolute Gasteiger partial charge is 0.148 e. The van der Waals surface area contributed by atoms with E-state index < -0.39 is 0 Å². The second kappa shape index (κ2) is 6.04. The van der Waals surface area contributed by atoms with E-state index in [4.69, 9.17) is 5.73 Å². The van der Waals surface area contributed by atoms with Gasteiger partial charge >= 0.3 is 0 Å². The number of aryl methyl sites for hydroxylation is 1. The molecule has 0 aliphatic rings. The summed E-state index contributed by atoms with van der Waals surface area (Å²) >= 11 is 8.61. The first-order chi connectivity index (χ1) is 8.20. The fourth-order valence-electron chi connectivity index (χ4n) is 1.38. The summed E-state index contributed by atoms with van der Waals surface area (Å²) in [6.07, 6.45) is 1.86. The predicted octanol–water partition coefficient (Wildman–Crippen LogP) is 3.62. The van der Waals surface area contributed by atoms with Crippen LogP contribution in [-0.2, 0) is 6.42 Å². The van der Waals surface area contributed by atoms with Crippen LogP contribution in [0.5, 0.6) is 0 Å². The van der Waals surface area contributed by atoms with Crippen LogP contribution in [0.25, 0.3) is 10.6 Å². The third-order valence-electron chi connectivity index (χ3n) is 2.22. The van der Waals surface area contributed by atoms with Crippen LogP contribution in [0.2, 0.25) is 0 Å². The number of rotatable bonds is 4. The van der Waals surface area contributed by atoms with Gasteiger partial charge in [-0.25, -0.2) is 0 Å². The van der Waals surface area contributed by atoms with Crippen LogP contribution in [0.3, 0.4) is 0 Å². The Bertz CT molecular complexity index is 513. The lowest BCUT2D eigenvalue weighted by Gasteiger charge is -2.00. The van der Waals surface area contributed by atoms with E-state index in [1.807, 2.05) is 18.2 Å². The van der Waals surface area contributed by atoms with Crippen molar-refractivity contribution >= 4 is 43.2 Å². The lowest BCUT2D eigenvalue weighted by Crippen LogP contribution is -1.99. The molecule has 0 unspecified atom stereocenters. The van der Waals surface area contributed by atoms with E-state index in [2.05, 4.69) is 42.1 Å². The Labute approximate surface area is 121 Å². The molecule has 2 aromatic rings. The lowest BCUT2D eigenvalue weighted by molar-refractivity contribution is 0.812. The zero-order valence-electron chi connectivity index (χ0n) is 8.99. The highest BCUT2D eigenvalue weighted by atomic mass is 79.9. The Morgan fingerprint density at radius 2 is 2.06 bits per heavy atom. The van der Waals surface area contributed by atoms with Crippen LogP contribution in [-0.4, -0.2) is 16.7 Å². The van der Waals surface area contributed by atoms with E-state index in [-0.39, 0.29) is 0 Å². The molecule has 90 valence electrons. The van der Waals surface area contributed by atoms with Crippen LogP contribution >= 0.6 is 43.2 Å². The van der Waals surface area contributed by atoms with Crippen LogP contribution in [0.15, 0.2) is 27.1 Å². The van der Waals surface area contributed by atoms with Gasteiger partial charge in [0.2, 0.25) is 0 Å².